The SMILES string of the molecule is CN(C)C(=O)c1sc2ncccc2c1C1CNCCO1. The summed E-state index contributed by atoms with van der Waals surface area (Å²) in [5, 5.41) is 4.34. The van der Waals surface area contributed by atoms with Crippen LogP contribution in [0.3, 0.4) is 0 Å². The van der Waals surface area contributed by atoms with Crippen molar-refractivity contribution in [1.82, 2.24) is 15.2 Å². The standard InChI is InChI=1S/C14H17N3O2S/c1-17(2)14(18)12-11(10-8-15-6-7-19-10)9-4-3-5-16-13(9)20-12/h3-5,10,15H,6-8H2,1-2H3. The predicted molar refractivity (Wildman–Crippen MR) is 79.2 cm³/mol. The molecule has 1 atom stereocenters. The average molecular weight is 291 g/mol. The highest BCUT2D eigenvalue weighted by Gasteiger charge is 2.28. The van der Waals surface area contributed by atoms with Gasteiger partial charge in [-0.05, 0) is 6.07 Å². The number of aromatic nitrogens is 1. The minimum atomic E-state index is -0.0828. The summed E-state index contributed by atoms with van der Waals surface area (Å²) in [6, 6.07) is 3.91. The van der Waals surface area contributed by atoms with Gasteiger partial charge in [0.25, 0.3) is 5.91 Å². The normalized spacial score (nSPS) is 19.2. The molecule has 0 bridgehead atoms. The zero-order valence-corrected chi connectivity index (χ0v) is 12.4. The van der Waals surface area contributed by atoms with E-state index in [-0.39, 0.29) is 12.0 Å². The first-order valence-electron chi connectivity index (χ1n) is 6.60. The number of fused-ring (bicyclic) bond motifs is 1. The number of nitrogens with one attached hydrogen (secondary N) is 1. The zero-order valence-electron chi connectivity index (χ0n) is 11.5. The lowest BCUT2D eigenvalue weighted by atomic mass is 10.0. The second-order valence-electron chi connectivity index (χ2n) is 4.96. The summed E-state index contributed by atoms with van der Waals surface area (Å²) < 4.78 is 5.85. The number of carbonyl (C=O) groups excluding carboxylic acids is 1. The molecule has 2 aromatic heterocycles. The molecule has 20 heavy (non-hydrogen) atoms. The van der Waals surface area contributed by atoms with E-state index in [4.69, 9.17) is 4.74 Å². The molecule has 0 aromatic carbocycles. The van der Waals surface area contributed by atoms with Crippen molar-refractivity contribution in [3.05, 3.63) is 28.8 Å². The van der Waals surface area contributed by atoms with E-state index in [1.54, 1.807) is 25.2 Å². The number of hydrogen-bond donors (Lipinski definition) is 1. The Balaban J connectivity index is 2.14. The van der Waals surface area contributed by atoms with Crippen molar-refractivity contribution in [3.8, 4) is 0 Å². The van der Waals surface area contributed by atoms with Crippen LogP contribution in [0.15, 0.2) is 18.3 Å². The van der Waals surface area contributed by atoms with Crippen LogP contribution in [0.25, 0.3) is 10.2 Å². The Labute approximate surface area is 121 Å². The number of amides is 1. The molecule has 1 aliphatic heterocycles. The number of thiophene rings is 1. The predicted octanol–water partition coefficient (Wildman–Crippen LogP) is 1.66. The van der Waals surface area contributed by atoms with Crippen molar-refractivity contribution in [1.29, 1.82) is 0 Å². The van der Waals surface area contributed by atoms with Crippen LogP contribution in [0.4, 0.5) is 0 Å². The monoisotopic (exact) mass is 291 g/mol. The smallest absolute Gasteiger partial charge is 0.263 e. The molecule has 0 aliphatic carbocycles. The highest BCUT2D eigenvalue weighted by molar-refractivity contribution is 7.20. The summed E-state index contributed by atoms with van der Waals surface area (Å²) in [6.45, 7) is 2.25. The Kier molecular flexibility index (Phi) is 3.69. The molecule has 0 radical (unpaired) electrons. The van der Waals surface area contributed by atoms with Gasteiger partial charge in [0.05, 0.1) is 12.7 Å². The molecule has 6 heteroatoms. The van der Waals surface area contributed by atoms with Crippen molar-refractivity contribution in [2.45, 2.75) is 6.10 Å². The Morgan fingerprint density at radius 1 is 1.55 bits per heavy atom. The number of hydrogen-bond acceptors (Lipinski definition) is 5. The molecule has 2 aromatic rings. The largest absolute Gasteiger partial charge is 0.371 e. The van der Waals surface area contributed by atoms with Gasteiger partial charge in [0.1, 0.15) is 9.71 Å². The second kappa shape index (κ2) is 5.47. The molecule has 106 valence electrons. The first kappa shape index (κ1) is 13.5. The maximum atomic E-state index is 12.4. The summed E-state index contributed by atoms with van der Waals surface area (Å²) in [5.41, 5.74) is 0.976. The molecule has 1 amide bonds. The fourth-order valence-corrected chi connectivity index (χ4v) is 3.60. The first-order chi connectivity index (χ1) is 9.68. The second-order valence-corrected chi connectivity index (χ2v) is 5.96. The van der Waals surface area contributed by atoms with E-state index in [0.29, 0.717) is 6.61 Å². The molecule has 1 saturated heterocycles. The van der Waals surface area contributed by atoms with Gasteiger partial charge in [-0.2, -0.15) is 0 Å². The van der Waals surface area contributed by atoms with Gasteiger partial charge in [0.15, 0.2) is 0 Å². The van der Waals surface area contributed by atoms with E-state index in [2.05, 4.69) is 10.3 Å². The number of carbonyl (C=O) groups is 1. The topological polar surface area (TPSA) is 54.5 Å². The van der Waals surface area contributed by atoms with Crippen molar-refractivity contribution < 1.29 is 9.53 Å². The average Bonchev–Trinajstić information content (AvgIpc) is 2.86. The Bertz CT molecular complexity index is 632. The molecule has 1 fully saturated rings. The molecule has 5 nitrogen and oxygen atoms in total. The lowest BCUT2D eigenvalue weighted by Crippen LogP contribution is -2.34. The van der Waals surface area contributed by atoms with Crippen LogP contribution >= 0.6 is 11.3 Å². The number of morpholine rings is 1. The van der Waals surface area contributed by atoms with Crippen LogP contribution in [0.1, 0.15) is 21.3 Å². The highest BCUT2D eigenvalue weighted by Crippen LogP contribution is 2.36. The van der Waals surface area contributed by atoms with Crippen molar-refractivity contribution in [3.63, 3.8) is 0 Å². The number of ether oxygens (including phenoxy) is 1. The van der Waals surface area contributed by atoms with E-state index in [1.165, 1.54) is 11.3 Å². The fraction of sp³-hybridized carbons (Fsp3) is 0.429. The third-order valence-electron chi connectivity index (χ3n) is 3.35. The van der Waals surface area contributed by atoms with E-state index in [0.717, 1.165) is 33.7 Å². The molecular weight excluding hydrogens is 274 g/mol. The number of nitrogens with zero attached hydrogens (tertiary/aromatic N) is 2. The van der Waals surface area contributed by atoms with Crippen LogP contribution < -0.4 is 5.32 Å². The summed E-state index contributed by atoms with van der Waals surface area (Å²) in [4.78, 5) is 20.0. The third-order valence-corrected chi connectivity index (χ3v) is 4.47. The van der Waals surface area contributed by atoms with Gasteiger partial charge in [0, 0.05) is 44.3 Å². The molecule has 0 spiro atoms. The quantitative estimate of drug-likeness (QED) is 0.914. The van der Waals surface area contributed by atoms with Crippen molar-refractivity contribution in [2.75, 3.05) is 33.8 Å². The van der Waals surface area contributed by atoms with Gasteiger partial charge in [-0.1, -0.05) is 6.07 Å². The van der Waals surface area contributed by atoms with E-state index < -0.39 is 0 Å². The highest BCUT2D eigenvalue weighted by atomic mass is 32.1. The summed E-state index contributed by atoms with van der Waals surface area (Å²) in [6.07, 6.45) is 1.67. The Morgan fingerprint density at radius 2 is 2.40 bits per heavy atom. The molecule has 1 N–H and O–H groups in total. The molecule has 0 saturated carbocycles. The van der Waals surface area contributed by atoms with Gasteiger partial charge in [-0.25, -0.2) is 4.98 Å². The lowest BCUT2D eigenvalue weighted by molar-refractivity contribution is 0.0280. The summed E-state index contributed by atoms with van der Waals surface area (Å²) >= 11 is 1.44. The molecule has 3 rings (SSSR count). The van der Waals surface area contributed by atoms with E-state index in [9.17, 15) is 4.79 Å². The van der Waals surface area contributed by atoms with Crippen LogP contribution in [-0.4, -0.2) is 49.6 Å². The number of rotatable bonds is 2. The molecule has 1 unspecified atom stereocenters. The van der Waals surface area contributed by atoms with E-state index >= 15 is 0 Å². The molecular formula is C14H17N3O2S. The van der Waals surface area contributed by atoms with Gasteiger partial charge in [-0.15, -0.1) is 11.3 Å². The minimum absolute atomic E-state index is 0.0113. The Morgan fingerprint density at radius 3 is 3.10 bits per heavy atom. The third kappa shape index (κ3) is 2.30. The number of pyridine rings is 1. The van der Waals surface area contributed by atoms with Crippen LogP contribution in [-0.2, 0) is 4.74 Å². The minimum Gasteiger partial charge on any atom is -0.371 e. The van der Waals surface area contributed by atoms with Crippen LogP contribution in [0.5, 0.6) is 0 Å². The van der Waals surface area contributed by atoms with Crippen LogP contribution in [0.2, 0.25) is 0 Å². The summed E-state index contributed by atoms with van der Waals surface area (Å²) in [7, 11) is 3.54. The van der Waals surface area contributed by atoms with Gasteiger partial charge >= 0.3 is 0 Å². The summed E-state index contributed by atoms with van der Waals surface area (Å²) in [5.74, 6) is 0.0113. The first-order valence-corrected chi connectivity index (χ1v) is 7.41. The van der Waals surface area contributed by atoms with Gasteiger partial charge in [-0.3, -0.25) is 4.79 Å². The van der Waals surface area contributed by atoms with Crippen molar-refractivity contribution >= 4 is 27.5 Å². The lowest BCUT2D eigenvalue weighted by Gasteiger charge is -2.25. The van der Waals surface area contributed by atoms with Gasteiger partial charge in [0.2, 0.25) is 0 Å². The van der Waals surface area contributed by atoms with Crippen molar-refractivity contribution in [2.24, 2.45) is 0 Å². The molecule has 3 heterocycles. The maximum Gasteiger partial charge on any atom is 0.263 e. The van der Waals surface area contributed by atoms with E-state index in [1.807, 2.05) is 12.1 Å². The maximum absolute atomic E-state index is 12.4. The Hall–Kier alpha value is -1.50. The van der Waals surface area contributed by atoms with Crippen LogP contribution in [0, 0.1) is 0 Å². The molecule has 1 aliphatic rings. The zero-order chi connectivity index (χ0) is 14.1. The fourth-order valence-electron chi connectivity index (χ4n) is 2.38. The van der Waals surface area contributed by atoms with Gasteiger partial charge < -0.3 is 15.0 Å².